The second-order valence-electron chi connectivity index (χ2n) is 5.55. The third-order valence-electron chi connectivity index (χ3n) is 3.94. The highest BCUT2D eigenvalue weighted by molar-refractivity contribution is 5.94. The number of para-hydroxylation sites is 1. The number of carbonyl (C=O) groups excluding carboxylic acids is 1. The first-order valence-corrected chi connectivity index (χ1v) is 7.82. The van der Waals surface area contributed by atoms with Gasteiger partial charge in [-0.3, -0.25) is 14.3 Å². The van der Waals surface area contributed by atoms with Gasteiger partial charge in [0.2, 0.25) is 0 Å². The summed E-state index contributed by atoms with van der Waals surface area (Å²) in [6.45, 7) is 1.74. The molecule has 126 valence electrons. The SMILES string of the molecule is Cc1c(/C=N\NC(=O)c2ccccc2)n(C)n(-c2ccccc2)c1=O. The molecule has 1 heterocycles. The van der Waals surface area contributed by atoms with E-state index in [-0.39, 0.29) is 11.5 Å². The lowest BCUT2D eigenvalue weighted by molar-refractivity contribution is 0.0955. The Labute approximate surface area is 145 Å². The predicted molar refractivity (Wildman–Crippen MR) is 97.2 cm³/mol. The molecule has 0 saturated heterocycles. The summed E-state index contributed by atoms with van der Waals surface area (Å²) in [6, 6.07) is 18.2. The Hall–Kier alpha value is -3.41. The second kappa shape index (κ2) is 7.00. The van der Waals surface area contributed by atoms with E-state index in [1.165, 1.54) is 6.21 Å². The minimum absolute atomic E-state index is 0.121. The molecule has 3 aromatic rings. The quantitative estimate of drug-likeness (QED) is 0.587. The highest BCUT2D eigenvalue weighted by atomic mass is 16.2. The lowest BCUT2D eigenvalue weighted by Gasteiger charge is -2.07. The number of hydrazone groups is 1. The van der Waals surface area contributed by atoms with Gasteiger partial charge in [-0.2, -0.15) is 5.10 Å². The zero-order chi connectivity index (χ0) is 17.8. The van der Waals surface area contributed by atoms with E-state index in [4.69, 9.17) is 0 Å². The molecule has 0 atom stereocenters. The highest BCUT2D eigenvalue weighted by Crippen LogP contribution is 2.08. The maximum atomic E-state index is 12.5. The van der Waals surface area contributed by atoms with Crippen molar-refractivity contribution in [1.82, 2.24) is 14.8 Å². The van der Waals surface area contributed by atoms with Crippen molar-refractivity contribution >= 4 is 12.1 Å². The van der Waals surface area contributed by atoms with Crippen LogP contribution in [0.15, 0.2) is 70.6 Å². The van der Waals surface area contributed by atoms with Crippen LogP contribution in [0.2, 0.25) is 0 Å². The average molecular weight is 334 g/mol. The number of aromatic nitrogens is 2. The van der Waals surface area contributed by atoms with Gasteiger partial charge in [0.1, 0.15) is 0 Å². The summed E-state index contributed by atoms with van der Waals surface area (Å²) in [7, 11) is 1.78. The lowest BCUT2D eigenvalue weighted by Crippen LogP contribution is -2.20. The molecule has 0 radical (unpaired) electrons. The monoisotopic (exact) mass is 334 g/mol. The normalized spacial score (nSPS) is 11.0. The Morgan fingerprint density at radius 1 is 1.04 bits per heavy atom. The number of benzene rings is 2. The van der Waals surface area contributed by atoms with E-state index in [2.05, 4.69) is 10.5 Å². The molecule has 25 heavy (non-hydrogen) atoms. The summed E-state index contributed by atoms with van der Waals surface area (Å²) in [5.41, 5.74) is 4.83. The maximum absolute atomic E-state index is 12.5. The lowest BCUT2D eigenvalue weighted by atomic mass is 10.2. The molecule has 6 heteroatoms. The minimum Gasteiger partial charge on any atom is -0.279 e. The molecule has 0 aliphatic carbocycles. The number of nitrogens with one attached hydrogen (secondary N) is 1. The Bertz CT molecular complexity index is 970. The molecule has 0 unspecified atom stereocenters. The van der Waals surface area contributed by atoms with Crippen molar-refractivity contribution < 1.29 is 4.79 Å². The predicted octanol–water partition coefficient (Wildman–Crippen LogP) is 2.25. The molecular weight excluding hydrogens is 316 g/mol. The first kappa shape index (κ1) is 16.4. The number of hydrogen-bond acceptors (Lipinski definition) is 3. The smallest absolute Gasteiger partial charge is 0.274 e. The number of nitrogens with zero attached hydrogens (tertiary/aromatic N) is 3. The van der Waals surface area contributed by atoms with Gasteiger partial charge < -0.3 is 0 Å². The zero-order valence-corrected chi connectivity index (χ0v) is 14.0. The van der Waals surface area contributed by atoms with Crippen molar-refractivity contribution in [3.05, 3.63) is 87.8 Å². The summed E-state index contributed by atoms with van der Waals surface area (Å²) in [5, 5.41) is 3.99. The fourth-order valence-corrected chi connectivity index (χ4v) is 2.60. The standard InChI is InChI=1S/C19H18N4O2/c1-14-17(13-20-21-18(24)15-9-5-3-6-10-15)22(2)23(19(14)25)16-11-7-4-8-12-16/h3-13H,1-2H3,(H,21,24)/b20-13-. The van der Waals surface area contributed by atoms with Crippen molar-refractivity contribution in [1.29, 1.82) is 0 Å². The molecule has 2 aromatic carbocycles. The fourth-order valence-electron chi connectivity index (χ4n) is 2.60. The third kappa shape index (κ3) is 3.28. The van der Waals surface area contributed by atoms with Crippen molar-refractivity contribution in [2.24, 2.45) is 12.1 Å². The third-order valence-corrected chi connectivity index (χ3v) is 3.94. The van der Waals surface area contributed by atoms with Crippen LogP contribution in [0.4, 0.5) is 0 Å². The summed E-state index contributed by atoms with van der Waals surface area (Å²) >= 11 is 0. The Morgan fingerprint density at radius 2 is 1.64 bits per heavy atom. The van der Waals surface area contributed by atoms with E-state index < -0.39 is 0 Å². The van der Waals surface area contributed by atoms with E-state index in [1.807, 2.05) is 36.4 Å². The van der Waals surface area contributed by atoms with Crippen LogP contribution in [0, 0.1) is 6.92 Å². The summed E-state index contributed by atoms with van der Waals surface area (Å²) in [6.07, 6.45) is 1.48. The highest BCUT2D eigenvalue weighted by Gasteiger charge is 2.14. The molecule has 0 aliphatic heterocycles. The molecule has 1 aromatic heterocycles. The van der Waals surface area contributed by atoms with E-state index in [1.54, 1.807) is 47.6 Å². The number of carbonyl (C=O) groups is 1. The van der Waals surface area contributed by atoms with Crippen LogP contribution in [-0.2, 0) is 7.05 Å². The Balaban J connectivity index is 1.86. The van der Waals surface area contributed by atoms with Crippen LogP contribution >= 0.6 is 0 Å². The Morgan fingerprint density at radius 3 is 2.28 bits per heavy atom. The zero-order valence-electron chi connectivity index (χ0n) is 14.0. The molecule has 0 spiro atoms. The summed E-state index contributed by atoms with van der Waals surface area (Å²) in [4.78, 5) is 24.5. The largest absolute Gasteiger partial charge is 0.279 e. The molecule has 0 aliphatic rings. The average Bonchev–Trinajstić information content (AvgIpc) is 2.86. The molecule has 3 rings (SSSR count). The maximum Gasteiger partial charge on any atom is 0.274 e. The van der Waals surface area contributed by atoms with Crippen molar-refractivity contribution in [3.8, 4) is 5.69 Å². The van der Waals surface area contributed by atoms with Gasteiger partial charge in [-0.05, 0) is 31.2 Å². The number of rotatable bonds is 4. The molecule has 0 saturated carbocycles. The minimum atomic E-state index is -0.304. The van der Waals surface area contributed by atoms with E-state index in [0.717, 1.165) is 5.69 Å². The van der Waals surface area contributed by atoms with Gasteiger partial charge in [0.15, 0.2) is 0 Å². The van der Waals surface area contributed by atoms with E-state index in [0.29, 0.717) is 16.8 Å². The van der Waals surface area contributed by atoms with E-state index in [9.17, 15) is 9.59 Å². The van der Waals surface area contributed by atoms with Crippen LogP contribution in [-0.4, -0.2) is 21.5 Å². The number of hydrogen-bond donors (Lipinski definition) is 1. The molecule has 0 fully saturated rings. The number of amides is 1. The fraction of sp³-hybridized carbons (Fsp3) is 0.105. The van der Waals surface area contributed by atoms with Crippen LogP contribution < -0.4 is 11.0 Å². The topological polar surface area (TPSA) is 68.4 Å². The molecule has 6 nitrogen and oxygen atoms in total. The van der Waals surface area contributed by atoms with Crippen LogP contribution in [0.1, 0.15) is 21.6 Å². The van der Waals surface area contributed by atoms with Gasteiger partial charge in [0.05, 0.1) is 17.6 Å². The van der Waals surface area contributed by atoms with E-state index >= 15 is 0 Å². The first-order chi connectivity index (χ1) is 12.1. The Kier molecular flexibility index (Phi) is 4.61. The van der Waals surface area contributed by atoms with Crippen LogP contribution in [0.3, 0.4) is 0 Å². The summed E-state index contributed by atoms with van der Waals surface area (Å²) in [5.74, 6) is -0.304. The summed E-state index contributed by atoms with van der Waals surface area (Å²) < 4.78 is 3.28. The van der Waals surface area contributed by atoms with Gasteiger partial charge in [0, 0.05) is 18.2 Å². The molecular formula is C19H18N4O2. The van der Waals surface area contributed by atoms with Crippen LogP contribution in [0.25, 0.3) is 5.69 Å². The van der Waals surface area contributed by atoms with Crippen molar-refractivity contribution in [3.63, 3.8) is 0 Å². The van der Waals surface area contributed by atoms with Crippen molar-refractivity contribution in [2.45, 2.75) is 6.92 Å². The first-order valence-electron chi connectivity index (χ1n) is 7.82. The van der Waals surface area contributed by atoms with Gasteiger partial charge in [0.25, 0.3) is 11.5 Å². The van der Waals surface area contributed by atoms with Crippen LogP contribution in [0.5, 0.6) is 0 Å². The molecule has 0 bridgehead atoms. The van der Waals surface area contributed by atoms with Gasteiger partial charge in [-0.1, -0.05) is 36.4 Å². The van der Waals surface area contributed by atoms with Gasteiger partial charge in [-0.15, -0.1) is 0 Å². The van der Waals surface area contributed by atoms with Gasteiger partial charge >= 0.3 is 0 Å². The second-order valence-corrected chi connectivity index (χ2v) is 5.55. The van der Waals surface area contributed by atoms with Gasteiger partial charge in [-0.25, -0.2) is 10.1 Å². The van der Waals surface area contributed by atoms with Crippen molar-refractivity contribution in [2.75, 3.05) is 0 Å². The molecule has 1 amide bonds. The molecule has 1 N–H and O–H groups in total.